The SMILES string of the molecule is O=S(=O)(Cc1ccc(C(F)(F)F)cc1)Nc1ccc(-c2ccn[nH]2)cc1. The van der Waals surface area contributed by atoms with E-state index in [-0.39, 0.29) is 5.56 Å². The Morgan fingerprint density at radius 2 is 1.62 bits per heavy atom. The molecule has 26 heavy (non-hydrogen) atoms. The van der Waals surface area contributed by atoms with Gasteiger partial charge in [0.2, 0.25) is 10.0 Å². The Kier molecular flexibility index (Phi) is 4.73. The van der Waals surface area contributed by atoms with Crippen molar-refractivity contribution in [2.45, 2.75) is 11.9 Å². The quantitative estimate of drug-likeness (QED) is 0.701. The first-order valence-electron chi connectivity index (χ1n) is 7.49. The van der Waals surface area contributed by atoms with Gasteiger partial charge in [-0.05, 0) is 41.5 Å². The molecule has 136 valence electrons. The number of aromatic nitrogens is 2. The number of benzene rings is 2. The average Bonchev–Trinajstić information content (AvgIpc) is 3.09. The molecule has 0 unspecified atom stereocenters. The van der Waals surface area contributed by atoms with E-state index in [1.165, 1.54) is 0 Å². The maximum absolute atomic E-state index is 12.5. The lowest BCUT2D eigenvalue weighted by atomic mass is 10.1. The second-order valence-electron chi connectivity index (χ2n) is 5.60. The molecule has 0 aliphatic rings. The first-order valence-corrected chi connectivity index (χ1v) is 9.15. The summed E-state index contributed by atoms with van der Waals surface area (Å²) >= 11 is 0. The molecule has 0 amide bonds. The van der Waals surface area contributed by atoms with Crippen LogP contribution in [0.4, 0.5) is 18.9 Å². The standard InChI is InChI=1S/C17H14F3N3O2S/c18-17(19,20)14-5-1-12(2-6-14)11-26(24,25)23-15-7-3-13(4-8-15)16-9-10-21-22-16/h1-10,23H,11H2,(H,21,22). The maximum atomic E-state index is 12.5. The number of alkyl halides is 3. The maximum Gasteiger partial charge on any atom is 0.416 e. The van der Waals surface area contributed by atoms with E-state index >= 15 is 0 Å². The molecular weight excluding hydrogens is 367 g/mol. The number of rotatable bonds is 5. The van der Waals surface area contributed by atoms with Crippen molar-refractivity contribution in [1.82, 2.24) is 10.2 Å². The van der Waals surface area contributed by atoms with Crippen LogP contribution in [-0.4, -0.2) is 18.6 Å². The van der Waals surface area contributed by atoms with Gasteiger partial charge in [0.25, 0.3) is 0 Å². The van der Waals surface area contributed by atoms with Crippen LogP contribution < -0.4 is 4.72 Å². The molecular formula is C17H14F3N3O2S. The molecule has 0 aliphatic carbocycles. The van der Waals surface area contributed by atoms with Gasteiger partial charge in [0.05, 0.1) is 17.0 Å². The van der Waals surface area contributed by atoms with Crippen molar-refractivity contribution < 1.29 is 21.6 Å². The Balaban J connectivity index is 1.69. The molecule has 0 aliphatic heterocycles. The molecule has 9 heteroatoms. The fourth-order valence-electron chi connectivity index (χ4n) is 2.36. The molecule has 3 aromatic rings. The molecule has 1 heterocycles. The Morgan fingerprint density at radius 1 is 0.962 bits per heavy atom. The van der Waals surface area contributed by atoms with E-state index in [2.05, 4.69) is 14.9 Å². The zero-order valence-corrected chi connectivity index (χ0v) is 14.1. The number of H-pyrrole nitrogens is 1. The van der Waals surface area contributed by atoms with Gasteiger partial charge in [-0.25, -0.2) is 8.42 Å². The van der Waals surface area contributed by atoms with E-state index < -0.39 is 27.5 Å². The second-order valence-corrected chi connectivity index (χ2v) is 7.33. The Labute approximate surface area is 147 Å². The minimum absolute atomic E-state index is 0.264. The van der Waals surface area contributed by atoms with Crippen molar-refractivity contribution in [3.63, 3.8) is 0 Å². The van der Waals surface area contributed by atoms with Crippen molar-refractivity contribution in [1.29, 1.82) is 0 Å². The Morgan fingerprint density at radius 3 is 2.15 bits per heavy atom. The van der Waals surface area contributed by atoms with Gasteiger partial charge in [-0.1, -0.05) is 24.3 Å². The summed E-state index contributed by atoms with van der Waals surface area (Å²) in [5.41, 5.74) is 1.44. The zero-order valence-electron chi connectivity index (χ0n) is 13.3. The first kappa shape index (κ1) is 18.0. The fourth-order valence-corrected chi connectivity index (χ4v) is 3.56. The topological polar surface area (TPSA) is 74.8 Å². The molecule has 0 saturated heterocycles. The summed E-state index contributed by atoms with van der Waals surface area (Å²) in [5, 5.41) is 6.64. The van der Waals surface area contributed by atoms with Gasteiger partial charge in [0, 0.05) is 11.9 Å². The molecule has 0 fully saturated rings. The van der Waals surface area contributed by atoms with E-state index in [9.17, 15) is 21.6 Å². The lowest BCUT2D eigenvalue weighted by molar-refractivity contribution is -0.137. The molecule has 0 saturated carbocycles. The lowest BCUT2D eigenvalue weighted by Gasteiger charge is -2.10. The van der Waals surface area contributed by atoms with Crippen molar-refractivity contribution in [2.75, 3.05) is 4.72 Å². The summed E-state index contributed by atoms with van der Waals surface area (Å²) < 4.78 is 64.5. The molecule has 1 aromatic heterocycles. The van der Waals surface area contributed by atoms with Gasteiger partial charge in [-0.2, -0.15) is 18.3 Å². The van der Waals surface area contributed by atoms with E-state index in [1.807, 2.05) is 0 Å². The molecule has 2 aromatic carbocycles. The van der Waals surface area contributed by atoms with Crippen LogP contribution in [0.25, 0.3) is 11.3 Å². The zero-order chi connectivity index (χ0) is 18.8. The third-order valence-electron chi connectivity index (χ3n) is 3.61. The number of hydrogen-bond donors (Lipinski definition) is 2. The number of nitrogens with zero attached hydrogens (tertiary/aromatic N) is 1. The number of anilines is 1. The smallest absolute Gasteiger partial charge is 0.283 e. The molecule has 0 spiro atoms. The molecule has 2 N–H and O–H groups in total. The highest BCUT2D eigenvalue weighted by molar-refractivity contribution is 7.91. The predicted molar refractivity (Wildman–Crippen MR) is 91.7 cm³/mol. The molecule has 5 nitrogen and oxygen atoms in total. The highest BCUT2D eigenvalue weighted by Gasteiger charge is 2.30. The summed E-state index contributed by atoms with van der Waals surface area (Å²) in [6, 6.07) is 12.5. The highest BCUT2D eigenvalue weighted by Crippen LogP contribution is 2.29. The summed E-state index contributed by atoms with van der Waals surface area (Å²) in [6.07, 6.45) is -2.85. The van der Waals surface area contributed by atoms with Gasteiger partial charge >= 0.3 is 6.18 Å². The van der Waals surface area contributed by atoms with Crippen LogP contribution >= 0.6 is 0 Å². The van der Waals surface area contributed by atoms with E-state index in [4.69, 9.17) is 0 Å². The summed E-state index contributed by atoms with van der Waals surface area (Å²) in [4.78, 5) is 0. The number of aromatic amines is 1. The van der Waals surface area contributed by atoms with Crippen molar-refractivity contribution >= 4 is 15.7 Å². The first-order chi connectivity index (χ1) is 12.2. The van der Waals surface area contributed by atoms with E-state index in [0.717, 1.165) is 35.5 Å². The summed E-state index contributed by atoms with van der Waals surface area (Å²) in [5.74, 6) is -0.423. The number of nitrogens with one attached hydrogen (secondary N) is 2. The molecule has 0 atom stereocenters. The Bertz CT molecular complexity index is 966. The van der Waals surface area contributed by atoms with Crippen LogP contribution in [0, 0.1) is 0 Å². The van der Waals surface area contributed by atoms with Crippen LogP contribution in [0.1, 0.15) is 11.1 Å². The van der Waals surface area contributed by atoms with Gasteiger partial charge in [0.15, 0.2) is 0 Å². The summed E-state index contributed by atoms with van der Waals surface area (Å²) in [7, 11) is -3.75. The van der Waals surface area contributed by atoms with Crippen LogP contribution in [0.3, 0.4) is 0 Å². The van der Waals surface area contributed by atoms with Gasteiger partial charge in [-0.15, -0.1) is 0 Å². The van der Waals surface area contributed by atoms with Crippen molar-refractivity contribution in [3.8, 4) is 11.3 Å². The van der Waals surface area contributed by atoms with Gasteiger partial charge < -0.3 is 0 Å². The minimum Gasteiger partial charge on any atom is -0.283 e. The van der Waals surface area contributed by atoms with Gasteiger partial charge in [-0.3, -0.25) is 9.82 Å². The Hall–Kier alpha value is -2.81. The highest BCUT2D eigenvalue weighted by atomic mass is 32.2. The number of halogens is 3. The molecule has 3 rings (SSSR count). The van der Waals surface area contributed by atoms with Crippen molar-refractivity contribution in [3.05, 3.63) is 71.9 Å². The van der Waals surface area contributed by atoms with E-state index in [1.54, 1.807) is 36.5 Å². The third kappa shape index (κ3) is 4.42. The van der Waals surface area contributed by atoms with Crippen LogP contribution in [0.2, 0.25) is 0 Å². The van der Waals surface area contributed by atoms with E-state index in [0.29, 0.717) is 5.69 Å². The van der Waals surface area contributed by atoms with Gasteiger partial charge in [0.1, 0.15) is 0 Å². The predicted octanol–water partition coefficient (Wildman–Crippen LogP) is 4.04. The third-order valence-corrected chi connectivity index (χ3v) is 4.87. The second kappa shape index (κ2) is 6.83. The number of sulfonamides is 1. The fraction of sp³-hybridized carbons (Fsp3) is 0.118. The van der Waals surface area contributed by atoms with Crippen LogP contribution in [0.5, 0.6) is 0 Å². The monoisotopic (exact) mass is 381 g/mol. The number of hydrogen-bond acceptors (Lipinski definition) is 3. The minimum atomic E-state index is -4.45. The van der Waals surface area contributed by atoms with Crippen LogP contribution in [0.15, 0.2) is 60.8 Å². The average molecular weight is 381 g/mol. The molecule has 0 bridgehead atoms. The largest absolute Gasteiger partial charge is 0.416 e. The van der Waals surface area contributed by atoms with Crippen LogP contribution in [-0.2, 0) is 22.0 Å². The molecule has 0 radical (unpaired) electrons. The van der Waals surface area contributed by atoms with Crippen molar-refractivity contribution in [2.24, 2.45) is 0 Å². The lowest BCUT2D eigenvalue weighted by Crippen LogP contribution is -2.15. The summed E-state index contributed by atoms with van der Waals surface area (Å²) in [6.45, 7) is 0. The normalized spacial score (nSPS) is 12.1.